The monoisotopic (exact) mass is 391 g/mol. The Balaban J connectivity index is 1.70. The number of hydrogen-bond acceptors (Lipinski definition) is 5. The van der Waals surface area contributed by atoms with Crippen LogP contribution in [0.2, 0.25) is 5.02 Å². The standard InChI is InChI=1S/C20H22ClNO5/c1-25-17-8-5-15(11-18(17)26-2)9-10-22-19(23)13-27-20(24)12-14-3-6-16(21)7-4-14/h3-8,11H,9-10,12-13H2,1-2H3,(H,22,23). The van der Waals surface area contributed by atoms with Crippen molar-refractivity contribution in [1.82, 2.24) is 5.32 Å². The highest BCUT2D eigenvalue weighted by Crippen LogP contribution is 2.27. The Hall–Kier alpha value is -2.73. The normalized spacial score (nSPS) is 10.2. The van der Waals surface area contributed by atoms with E-state index in [9.17, 15) is 9.59 Å². The van der Waals surface area contributed by atoms with Crippen molar-refractivity contribution in [2.75, 3.05) is 27.4 Å². The summed E-state index contributed by atoms with van der Waals surface area (Å²) in [6.07, 6.45) is 0.709. The molecule has 0 bridgehead atoms. The van der Waals surface area contributed by atoms with E-state index in [2.05, 4.69) is 5.32 Å². The van der Waals surface area contributed by atoms with E-state index in [-0.39, 0.29) is 18.9 Å². The van der Waals surface area contributed by atoms with Gasteiger partial charge in [0.15, 0.2) is 18.1 Å². The molecule has 0 aliphatic rings. The van der Waals surface area contributed by atoms with E-state index in [1.807, 2.05) is 18.2 Å². The van der Waals surface area contributed by atoms with Crippen molar-refractivity contribution in [3.8, 4) is 11.5 Å². The van der Waals surface area contributed by atoms with Crippen LogP contribution in [0.1, 0.15) is 11.1 Å². The van der Waals surface area contributed by atoms with Gasteiger partial charge in [-0.3, -0.25) is 9.59 Å². The first-order valence-electron chi connectivity index (χ1n) is 8.39. The molecule has 6 nitrogen and oxygen atoms in total. The van der Waals surface area contributed by atoms with Crippen molar-refractivity contribution in [2.24, 2.45) is 0 Å². The van der Waals surface area contributed by atoms with Gasteiger partial charge in [0.05, 0.1) is 20.6 Å². The number of carbonyl (C=O) groups excluding carboxylic acids is 2. The van der Waals surface area contributed by atoms with Crippen LogP contribution in [0.4, 0.5) is 0 Å². The summed E-state index contributed by atoms with van der Waals surface area (Å²) >= 11 is 5.79. The molecule has 27 heavy (non-hydrogen) atoms. The first-order chi connectivity index (χ1) is 13.0. The molecule has 7 heteroatoms. The summed E-state index contributed by atoms with van der Waals surface area (Å²) in [6, 6.07) is 12.5. The van der Waals surface area contributed by atoms with Crippen LogP contribution in [0.25, 0.3) is 0 Å². The highest BCUT2D eigenvalue weighted by molar-refractivity contribution is 6.30. The average molecular weight is 392 g/mol. The van der Waals surface area contributed by atoms with E-state index in [1.165, 1.54) is 0 Å². The number of amides is 1. The van der Waals surface area contributed by atoms with Crippen LogP contribution < -0.4 is 14.8 Å². The summed E-state index contributed by atoms with van der Waals surface area (Å²) in [5.74, 6) is 0.475. The maximum absolute atomic E-state index is 11.8. The lowest BCUT2D eigenvalue weighted by Crippen LogP contribution is -2.30. The van der Waals surface area contributed by atoms with Gasteiger partial charge in [-0.15, -0.1) is 0 Å². The quantitative estimate of drug-likeness (QED) is 0.665. The van der Waals surface area contributed by atoms with E-state index in [0.29, 0.717) is 29.5 Å². The lowest BCUT2D eigenvalue weighted by atomic mass is 10.1. The zero-order valence-electron chi connectivity index (χ0n) is 15.3. The van der Waals surface area contributed by atoms with Crippen LogP contribution in [0.3, 0.4) is 0 Å². The third kappa shape index (κ3) is 6.83. The third-order valence-corrected chi connectivity index (χ3v) is 4.06. The molecule has 0 saturated carbocycles. The summed E-state index contributed by atoms with van der Waals surface area (Å²) < 4.78 is 15.4. The molecule has 0 saturated heterocycles. The van der Waals surface area contributed by atoms with Gasteiger partial charge in [0.2, 0.25) is 0 Å². The Labute approximate surface area is 163 Å². The van der Waals surface area contributed by atoms with Crippen molar-refractivity contribution >= 4 is 23.5 Å². The third-order valence-electron chi connectivity index (χ3n) is 3.81. The van der Waals surface area contributed by atoms with Gasteiger partial charge >= 0.3 is 5.97 Å². The Morgan fingerprint density at radius 3 is 2.30 bits per heavy atom. The zero-order chi connectivity index (χ0) is 19.6. The highest BCUT2D eigenvalue weighted by Gasteiger charge is 2.09. The lowest BCUT2D eigenvalue weighted by Gasteiger charge is -2.10. The first kappa shape index (κ1) is 20.6. The molecular weight excluding hydrogens is 370 g/mol. The van der Waals surface area contributed by atoms with E-state index in [4.69, 9.17) is 25.8 Å². The minimum atomic E-state index is -0.465. The SMILES string of the molecule is COc1ccc(CCNC(=O)COC(=O)Cc2ccc(Cl)cc2)cc1OC. The number of halogens is 1. The van der Waals surface area contributed by atoms with Gasteiger partial charge in [-0.1, -0.05) is 29.8 Å². The fourth-order valence-electron chi connectivity index (χ4n) is 2.40. The molecule has 0 atom stereocenters. The number of hydrogen-bond donors (Lipinski definition) is 1. The first-order valence-corrected chi connectivity index (χ1v) is 8.77. The van der Waals surface area contributed by atoms with E-state index < -0.39 is 5.97 Å². The molecule has 0 unspecified atom stereocenters. The summed E-state index contributed by atoms with van der Waals surface area (Å²) in [5, 5.41) is 3.32. The second-order valence-corrected chi connectivity index (χ2v) is 6.19. The Bertz CT molecular complexity index is 776. The molecule has 0 radical (unpaired) electrons. The maximum Gasteiger partial charge on any atom is 0.310 e. The summed E-state index contributed by atoms with van der Waals surface area (Å²) in [4.78, 5) is 23.6. The summed E-state index contributed by atoms with van der Waals surface area (Å²) in [7, 11) is 3.15. The molecule has 2 aromatic carbocycles. The number of esters is 1. The number of benzene rings is 2. The molecule has 0 aromatic heterocycles. The molecule has 0 fully saturated rings. The second kappa shape index (κ2) is 10.4. The van der Waals surface area contributed by atoms with Gasteiger partial charge in [0.1, 0.15) is 0 Å². The minimum absolute atomic E-state index is 0.0933. The van der Waals surface area contributed by atoms with E-state index in [0.717, 1.165) is 11.1 Å². The van der Waals surface area contributed by atoms with Crippen LogP contribution in [-0.4, -0.2) is 39.2 Å². The van der Waals surface area contributed by atoms with Crippen molar-refractivity contribution in [2.45, 2.75) is 12.8 Å². The summed E-state index contributed by atoms with van der Waals surface area (Å²) in [5.41, 5.74) is 1.77. The maximum atomic E-state index is 11.8. The van der Waals surface area contributed by atoms with Crippen molar-refractivity contribution in [3.05, 3.63) is 58.6 Å². The second-order valence-electron chi connectivity index (χ2n) is 5.75. The van der Waals surface area contributed by atoms with E-state index in [1.54, 1.807) is 38.5 Å². The molecule has 1 amide bonds. The van der Waals surface area contributed by atoms with Gasteiger partial charge in [-0.25, -0.2) is 0 Å². The van der Waals surface area contributed by atoms with Gasteiger partial charge in [0, 0.05) is 11.6 Å². The molecule has 144 valence electrons. The molecule has 0 spiro atoms. The molecule has 2 rings (SSSR count). The number of ether oxygens (including phenoxy) is 3. The number of nitrogens with one attached hydrogen (secondary N) is 1. The summed E-state index contributed by atoms with van der Waals surface area (Å²) in [6.45, 7) is 0.113. The topological polar surface area (TPSA) is 73.9 Å². The predicted molar refractivity (Wildman–Crippen MR) is 102 cm³/mol. The van der Waals surface area contributed by atoms with Gasteiger partial charge in [-0.2, -0.15) is 0 Å². The lowest BCUT2D eigenvalue weighted by molar-refractivity contribution is -0.147. The Morgan fingerprint density at radius 2 is 1.63 bits per heavy atom. The zero-order valence-corrected chi connectivity index (χ0v) is 16.0. The smallest absolute Gasteiger partial charge is 0.310 e. The highest BCUT2D eigenvalue weighted by atomic mass is 35.5. The van der Waals surface area contributed by atoms with Crippen molar-refractivity contribution in [1.29, 1.82) is 0 Å². The largest absolute Gasteiger partial charge is 0.493 e. The Kier molecular flexibility index (Phi) is 7.95. The molecule has 0 heterocycles. The van der Waals surface area contributed by atoms with Crippen molar-refractivity contribution in [3.63, 3.8) is 0 Å². The minimum Gasteiger partial charge on any atom is -0.493 e. The number of methoxy groups -OCH3 is 2. The predicted octanol–water partition coefficient (Wildman–Crippen LogP) is 2.80. The van der Waals surface area contributed by atoms with Crippen LogP contribution in [0.15, 0.2) is 42.5 Å². The van der Waals surface area contributed by atoms with Gasteiger partial charge in [0.25, 0.3) is 5.91 Å². The molecule has 2 aromatic rings. The van der Waals surface area contributed by atoms with Gasteiger partial charge < -0.3 is 19.5 Å². The number of carbonyl (C=O) groups is 2. The van der Waals surface area contributed by atoms with Crippen LogP contribution in [-0.2, 0) is 27.2 Å². The molecule has 1 N–H and O–H groups in total. The van der Waals surface area contributed by atoms with Crippen molar-refractivity contribution < 1.29 is 23.8 Å². The van der Waals surface area contributed by atoms with Crippen LogP contribution in [0.5, 0.6) is 11.5 Å². The fraction of sp³-hybridized carbons (Fsp3) is 0.300. The van der Waals surface area contributed by atoms with Crippen LogP contribution >= 0.6 is 11.6 Å². The van der Waals surface area contributed by atoms with Gasteiger partial charge in [-0.05, 0) is 41.8 Å². The van der Waals surface area contributed by atoms with Crippen LogP contribution in [0, 0.1) is 0 Å². The molecule has 0 aliphatic carbocycles. The molecule has 0 aliphatic heterocycles. The average Bonchev–Trinajstić information content (AvgIpc) is 2.68. The molecular formula is C20H22ClNO5. The number of rotatable bonds is 9. The fourth-order valence-corrected chi connectivity index (χ4v) is 2.53. The Morgan fingerprint density at radius 1 is 0.963 bits per heavy atom. The van der Waals surface area contributed by atoms with E-state index >= 15 is 0 Å².